The average molecular weight is 385 g/mol. The van der Waals surface area contributed by atoms with Gasteiger partial charge in [-0.3, -0.25) is 0 Å². The van der Waals surface area contributed by atoms with Crippen molar-refractivity contribution in [2.24, 2.45) is 0 Å². The SMILES string of the molecule is Cc1nc(NCC2CCCO2)sc1-c1ccnc(Nc2ccc(F)cc2)n1. The van der Waals surface area contributed by atoms with Crippen molar-refractivity contribution in [1.29, 1.82) is 0 Å². The predicted molar refractivity (Wildman–Crippen MR) is 105 cm³/mol. The van der Waals surface area contributed by atoms with Crippen molar-refractivity contribution in [3.8, 4) is 10.6 Å². The van der Waals surface area contributed by atoms with E-state index in [1.54, 1.807) is 29.7 Å². The molecule has 140 valence electrons. The van der Waals surface area contributed by atoms with Crippen LogP contribution in [0.4, 0.5) is 21.2 Å². The summed E-state index contributed by atoms with van der Waals surface area (Å²) in [6.45, 7) is 3.59. The van der Waals surface area contributed by atoms with Crippen LogP contribution < -0.4 is 10.6 Å². The number of halogens is 1. The van der Waals surface area contributed by atoms with E-state index < -0.39 is 0 Å². The van der Waals surface area contributed by atoms with Gasteiger partial charge in [0, 0.05) is 25.0 Å². The van der Waals surface area contributed by atoms with Crippen LogP contribution in [0, 0.1) is 12.7 Å². The molecule has 2 aromatic heterocycles. The van der Waals surface area contributed by atoms with E-state index in [1.807, 2.05) is 13.0 Å². The first kappa shape index (κ1) is 17.8. The third-order valence-electron chi connectivity index (χ3n) is 4.29. The van der Waals surface area contributed by atoms with Crippen molar-refractivity contribution >= 4 is 28.1 Å². The highest BCUT2D eigenvalue weighted by Crippen LogP contribution is 2.32. The number of hydrogen-bond acceptors (Lipinski definition) is 7. The van der Waals surface area contributed by atoms with E-state index in [2.05, 4.69) is 25.6 Å². The van der Waals surface area contributed by atoms with Gasteiger partial charge in [0.05, 0.1) is 22.4 Å². The number of thiazole rings is 1. The highest BCUT2D eigenvalue weighted by atomic mass is 32.1. The van der Waals surface area contributed by atoms with Gasteiger partial charge in [0.1, 0.15) is 5.82 Å². The van der Waals surface area contributed by atoms with Crippen LogP contribution in [0.2, 0.25) is 0 Å². The Kier molecular flexibility index (Phi) is 5.26. The molecule has 0 bridgehead atoms. The molecule has 0 aliphatic carbocycles. The van der Waals surface area contributed by atoms with Crippen LogP contribution in [0.3, 0.4) is 0 Å². The number of nitrogens with zero attached hydrogens (tertiary/aromatic N) is 3. The average Bonchev–Trinajstić information content (AvgIpc) is 3.32. The molecule has 1 aromatic carbocycles. The van der Waals surface area contributed by atoms with E-state index in [-0.39, 0.29) is 11.9 Å². The first-order valence-electron chi connectivity index (χ1n) is 8.86. The van der Waals surface area contributed by atoms with Crippen LogP contribution in [0.25, 0.3) is 10.6 Å². The number of nitrogens with one attached hydrogen (secondary N) is 2. The van der Waals surface area contributed by atoms with E-state index >= 15 is 0 Å². The number of ether oxygens (including phenoxy) is 1. The summed E-state index contributed by atoms with van der Waals surface area (Å²) < 4.78 is 18.7. The molecule has 6 nitrogen and oxygen atoms in total. The Balaban J connectivity index is 1.48. The van der Waals surface area contributed by atoms with Crippen molar-refractivity contribution in [2.45, 2.75) is 25.9 Å². The van der Waals surface area contributed by atoms with Crippen molar-refractivity contribution in [3.63, 3.8) is 0 Å². The summed E-state index contributed by atoms with van der Waals surface area (Å²) >= 11 is 1.57. The summed E-state index contributed by atoms with van der Waals surface area (Å²) in [5, 5.41) is 7.32. The smallest absolute Gasteiger partial charge is 0.227 e. The maximum Gasteiger partial charge on any atom is 0.227 e. The second kappa shape index (κ2) is 7.98. The highest BCUT2D eigenvalue weighted by Gasteiger charge is 2.17. The summed E-state index contributed by atoms with van der Waals surface area (Å²) in [7, 11) is 0. The normalized spacial score (nSPS) is 16.4. The maximum absolute atomic E-state index is 13.0. The Morgan fingerprint density at radius 1 is 1.22 bits per heavy atom. The van der Waals surface area contributed by atoms with Crippen molar-refractivity contribution < 1.29 is 9.13 Å². The maximum atomic E-state index is 13.0. The van der Waals surface area contributed by atoms with Gasteiger partial charge >= 0.3 is 0 Å². The number of aryl methyl sites for hydroxylation is 1. The molecule has 3 aromatic rings. The predicted octanol–water partition coefficient (Wildman–Crippen LogP) is 4.38. The molecule has 1 aliphatic rings. The number of anilines is 3. The molecule has 0 radical (unpaired) electrons. The van der Waals surface area contributed by atoms with E-state index in [4.69, 9.17) is 4.74 Å². The lowest BCUT2D eigenvalue weighted by Crippen LogP contribution is -2.18. The van der Waals surface area contributed by atoms with Gasteiger partial charge in [0.25, 0.3) is 0 Å². The first-order valence-corrected chi connectivity index (χ1v) is 9.68. The molecule has 2 N–H and O–H groups in total. The van der Waals surface area contributed by atoms with Gasteiger partial charge < -0.3 is 15.4 Å². The molecule has 0 saturated carbocycles. The molecular formula is C19H20FN5OS. The van der Waals surface area contributed by atoms with Crippen LogP contribution in [-0.2, 0) is 4.74 Å². The molecule has 4 rings (SSSR count). The number of aromatic nitrogens is 3. The Morgan fingerprint density at radius 3 is 2.85 bits per heavy atom. The van der Waals surface area contributed by atoms with Gasteiger partial charge in [-0.25, -0.2) is 19.3 Å². The zero-order valence-corrected chi connectivity index (χ0v) is 15.7. The van der Waals surface area contributed by atoms with E-state index in [0.717, 1.165) is 53.1 Å². The molecule has 1 fully saturated rings. The third-order valence-corrected chi connectivity index (χ3v) is 5.43. The van der Waals surface area contributed by atoms with E-state index in [1.165, 1.54) is 12.1 Å². The van der Waals surface area contributed by atoms with Crippen LogP contribution in [0.5, 0.6) is 0 Å². The Labute approximate surface area is 160 Å². The van der Waals surface area contributed by atoms with Gasteiger partial charge in [-0.1, -0.05) is 11.3 Å². The largest absolute Gasteiger partial charge is 0.376 e. The fourth-order valence-electron chi connectivity index (χ4n) is 2.92. The van der Waals surface area contributed by atoms with Gasteiger partial charge in [0.2, 0.25) is 5.95 Å². The lowest BCUT2D eigenvalue weighted by molar-refractivity contribution is 0.120. The van der Waals surface area contributed by atoms with Crippen LogP contribution in [0.1, 0.15) is 18.5 Å². The molecule has 1 unspecified atom stereocenters. The fraction of sp³-hybridized carbons (Fsp3) is 0.316. The molecule has 1 saturated heterocycles. The Hall–Kier alpha value is -2.58. The second-order valence-electron chi connectivity index (χ2n) is 6.35. The lowest BCUT2D eigenvalue weighted by atomic mass is 10.2. The molecule has 0 amide bonds. The molecule has 3 heterocycles. The molecule has 1 atom stereocenters. The minimum atomic E-state index is -0.279. The molecule has 1 aliphatic heterocycles. The molecular weight excluding hydrogens is 365 g/mol. The second-order valence-corrected chi connectivity index (χ2v) is 7.35. The van der Waals surface area contributed by atoms with E-state index in [9.17, 15) is 4.39 Å². The van der Waals surface area contributed by atoms with Crippen LogP contribution in [0.15, 0.2) is 36.5 Å². The van der Waals surface area contributed by atoms with Gasteiger partial charge in [-0.2, -0.15) is 0 Å². The fourth-order valence-corrected chi connectivity index (χ4v) is 3.87. The van der Waals surface area contributed by atoms with Crippen molar-refractivity contribution in [3.05, 3.63) is 48.0 Å². The van der Waals surface area contributed by atoms with Crippen molar-refractivity contribution in [2.75, 3.05) is 23.8 Å². The lowest BCUT2D eigenvalue weighted by Gasteiger charge is -2.09. The Morgan fingerprint density at radius 2 is 2.07 bits per heavy atom. The molecule has 27 heavy (non-hydrogen) atoms. The van der Waals surface area contributed by atoms with Gasteiger partial charge in [-0.15, -0.1) is 0 Å². The van der Waals surface area contributed by atoms with Gasteiger partial charge in [-0.05, 0) is 50.1 Å². The third kappa shape index (κ3) is 4.40. The summed E-state index contributed by atoms with van der Waals surface area (Å²) in [6, 6.07) is 7.95. The zero-order chi connectivity index (χ0) is 18.6. The molecule has 0 spiro atoms. The minimum absolute atomic E-state index is 0.267. The Bertz CT molecular complexity index is 909. The quantitative estimate of drug-likeness (QED) is 0.656. The summed E-state index contributed by atoms with van der Waals surface area (Å²) in [5.74, 6) is 0.180. The monoisotopic (exact) mass is 385 g/mol. The number of hydrogen-bond donors (Lipinski definition) is 2. The number of rotatable bonds is 6. The topological polar surface area (TPSA) is 72.0 Å². The first-order chi connectivity index (χ1) is 13.2. The van der Waals surface area contributed by atoms with Crippen LogP contribution >= 0.6 is 11.3 Å². The number of benzene rings is 1. The van der Waals surface area contributed by atoms with E-state index in [0.29, 0.717) is 5.95 Å². The highest BCUT2D eigenvalue weighted by molar-refractivity contribution is 7.19. The van der Waals surface area contributed by atoms with Crippen molar-refractivity contribution in [1.82, 2.24) is 15.0 Å². The standard InChI is InChI=1S/C19H20FN5OS/c1-12-17(27-19(23-12)22-11-15-3-2-10-26-15)16-8-9-21-18(25-16)24-14-6-4-13(20)5-7-14/h4-9,15H,2-3,10-11H2,1H3,(H,22,23)(H,21,24,25). The summed E-state index contributed by atoms with van der Waals surface area (Å²) in [4.78, 5) is 14.4. The summed E-state index contributed by atoms with van der Waals surface area (Å²) in [5.41, 5.74) is 2.45. The summed E-state index contributed by atoms with van der Waals surface area (Å²) in [6.07, 6.45) is 4.18. The van der Waals surface area contributed by atoms with Gasteiger partial charge in [0.15, 0.2) is 5.13 Å². The minimum Gasteiger partial charge on any atom is -0.376 e. The zero-order valence-electron chi connectivity index (χ0n) is 14.9. The van der Waals surface area contributed by atoms with Crippen LogP contribution in [-0.4, -0.2) is 34.2 Å². The molecule has 8 heteroatoms.